The van der Waals surface area contributed by atoms with Crippen molar-refractivity contribution < 1.29 is 19.6 Å². The van der Waals surface area contributed by atoms with Crippen LogP contribution in [0.25, 0.3) is 6.08 Å². The van der Waals surface area contributed by atoms with Gasteiger partial charge in [0.1, 0.15) is 5.57 Å². The Balaban J connectivity index is 2.04. The number of anilines is 1. The molecule has 1 saturated heterocycles. The number of halogens is 2. The molecule has 10 heteroatoms. The van der Waals surface area contributed by atoms with Crippen molar-refractivity contribution in [2.24, 2.45) is 0 Å². The number of nitrogens with one attached hydrogen (secondary N) is 1. The van der Waals surface area contributed by atoms with Crippen LogP contribution in [-0.4, -0.2) is 21.8 Å². The summed E-state index contributed by atoms with van der Waals surface area (Å²) in [6.07, 6.45) is 1.04. The molecule has 1 heterocycles. The van der Waals surface area contributed by atoms with Crippen molar-refractivity contribution in [3.05, 3.63) is 67.7 Å². The number of nitro benzene ring substituents is 1. The van der Waals surface area contributed by atoms with E-state index in [1.54, 1.807) is 18.2 Å². The number of nitro groups is 1. The second kappa shape index (κ2) is 6.66. The standard InChI is InChI=1S/C16H9Cl2N3O5/c17-9-2-1-3-11(6-9)20-16(24)12(15(23)19-20)5-8-4-10(18)7-13(14(8)22)21(25)26/h1-7,22H,(H,19,23). The van der Waals surface area contributed by atoms with Crippen molar-refractivity contribution in [1.82, 2.24) is 5.43 Å². The maximum absolute atomic E-state index is 12.5. The Morgan fingerprint density at radius 2 is 1.88 bits per heavy atom. The van der Waals surface area contributed by atoms with Gasteiger partial charge in [-0.1, -0.05) is 29.3 Å². The van der Waals surface area contributed by atoms with E-state index in [2.05, 4.69) is 5.43 Å². The first kappa shape index (κ1) is 17.7. The summed E-state index contributed by atoms with van der Waals surface area (Å²) in [4.78, 5) is 34.8. The van der Waals surface area contributed by atoms with Gasteiger partial charge >= 0.3 is 5.69 Å². The zero-order valence-electron chi connectivity index (χ0n) is 12.8. The fraction of sp³-hybridized carbons (Fsp3) is 0. The minimum atomic E-state index is -0.821. The third-order valence-corrected chi connectivity index (χ3v) is 3.99. The number of nitrogens with zero attached hydrogens (tertiary/aromatic N) is 2. The van der Waals surface area contributed by atoms with E-state index in [0.717, 1.165) is 17.2 Å². The number of amides is 2. The minimum Gasteiger partial charge on any atom is -0.502 e. The lowest BCUT2D eigenvalue weighted by molar-refractivity contribution is -0.385. The average Bonchev–Trinajstić information content (AvgIpc) is 2.85. The van der Waals surface area contributed by atoms with E-state index >= 15 is 0 Å². The number of phenols is 1. The molecule has 2 amide bonds. The topological polar surface area (TPSA) is 113 Å². The largest absolute Gasteiger partial charge is 0.502 e. The number of carbonyl (C=O) groups is 2. The van der Waals surface area contributed by atoms with Crippen LogP contribution < -0.4 is 10.4 Å². The van der Waals surface area contributed by atoms with Gasteiger partial charge in [0.25, 0.3) is 11.8 Å². The number of carbonyl (C=O) groups excluding carboxylic acids is 2. The van der Waals surface area contributed by atoms with E-state index in [0.29, 0.717) is 10.7 Å². The van der Waals surface area contributed by atoms with Gasteiger partial charge in [0.15, 0.2) is 0 Å². The molecule has 1 aliphatic rings. The number of hydrazine groups is 1. The highest BCUT2D eigenvalue weighted by Gasteiger charge is 2.35. The Kier molecular flexibility index (Phi) is 4.54. The summed E-state index contributed by atoms with van der Waals surface area (Å²) in [5.74, 6) is -2.15. The Morgan fingerprint density at radius 1 is 1.15 bits per heavy atom. The SMILES string of the molecule is O=C1NN(c2cccc(Cl)c2)C(=O)C1=Cc1cc(Cl)cc([N+](=O)[O-])c1O. The number of phenolic OH excluding ortho intramolecular Hbond substituents is 1. The molecule has 0 aromatic heterocycles. The summed E-state index contributed by atoms with van der Waals surface area (Å²) in [5, 5.41) is 22.3. The fourth-order valence-electron chi connectivity index (χ4n) is 2.36. The molecular formula is C16H9Cl2N3O5. The van der Waals surface area contributed by atoms with E-state index in [1.165, 1.54) is 12.1 Å². The van der Waals surface area contributed by atoms with Crippen molar-refractivity contribution in [3.63, 3.8) is 0 Å². The molecule has 8 nitrogen and oxygen atoms in total. The zero-order valence-corrected chi connectivity index (χ0v) is 14.3. The van der Waals surface area contributed by atoms with Crippen LogP contribution in [0.4, 0.5) is 11.4 Å². The Hall–Kier alpha value is -3.10. The Morgan fingerprint density at radius 3 is 2.54 bits per heavy atom. The van der Waals surface area contributed by atoms with Crippen molar-refractivity contribution in [2.75, 3.05) is 5.01 Å². The summed E-state index contributed by atoms with van der Waals surface area (Å²) in [6.45, 7) is 0. The van der Waals surface area contributed by atoms with Crippen LogP contribution in [0.2, 0.25) is 10.0 Å². The third kappa shape index (κ3) is 3.19. The second-order valence-corrected chi connectivity index (χ2v) is 6.11. The summed E-state index contributed by atoms with van der Waals surface area (Å²) in [5.41, 5.74) is 1.60. The number of aromatic hydroxyl groups is 1. The van der Waals surface area contributed by atoms with E-state index < -0.39 is 28.2 Å². The Bertz CT molecular complexity index is 990. The van der Waals surface area contributed by atoms with Gasteiger partial charge in [-0.2, -0.15) is 0 Å². The summed E-state index contributed by atoms with van der Waals surface area (Å²) >= 11 is 11.7. The van der Waals surface area contributed by atoms with Gasteiger partial charge in [-0.15, -0.1) is 0 Å². The van der Waals surface area contributed by atoms with Crippen molar-refractivity contribution in [1.29, 1.82) is 0 Å². The van der Waals surface area contributed by atoms with Crippen LogP contribution in [0.1, 0.15) is 5.56 Å². The van der Waals surface area contributed by atoms with Crippen molar-refractivity contribution in [2.45, 2.75) is 0 Å². The lowest BCUT2D eigenvalue weighted by atomic mass is 10.1. The van der Waals surface area contributed by atoms with Crippen LogP contribution in [0, 0.1) is 10.1 Å². The normalized spacial score (nSPS) is 15.5. The smallest absolute Gasteiger partial charge is 0.312 e. The van der Waals surface area contributed by atoms with Gasteiger partial charge in [0.05, 0.1) is 10.6 Å². The molecule has 0 saturated carbocycles. The first-order valence-corrected chi connectivity index (χ1v) is 7.83. The predicted octanol–water partition coefficient (Wildman–Crippen LogP) is 3.07. The zero-order chi connectivity index (χ0) is 19.0. The summed E-state index contributed by atoms with van der Waals surface area (Å²) in [6, 6.07) is 8.42. The molecule has 1 aliphatic heterocycles. The highest BCUT2D eigenvalue weighted by molar-refractivity contribution is 6.33. The van der Waals surface area contributed by atoms with Crippen LogP contribution >= 0.6 is 23.2 Å². The lowest BCUT2D eigenvalue weighted by Gasteiger charge is -2.14. The monoisotopic (exact) mass is 393 g/mol. The van der Waals surface area contributed by atoms with E-state index in [9.17, 15) is 24.8 Å². The number of rotatable bonds is 3. The molecule has 2 aromatic carbocycles. The van der Waals surface area contributed by atoms with Crippen LogP contribution in [0.15, 0.2) is 42.0 Å². The van der Waals surface area contributed by atoms with Crippen molar-refractivity contribution in [3.8, 4) is 5.75 Å². The molecule has 0 unspecified atom stereocenters. The van der Waals surface area contributed by atoms with Gasteiger partial charge in [0, 0.05) is 21.7 Å². The van der Waals surface area contributed by atoms with Gasteiger partial charge in [0.2, 0.25) is 5.75 Å². The summed E-state index contributed by atoms with van der Waals surface area (Å²) < 4.78 is 0. The van der Waals surface area contributed by atoms with Crippen LogP contribution in [-0.2, 0) is 9.59 Å². The molecule has 2 aromatic rings. The number of hydrogen-bond acceptors (Lipinski definition) is 5. The van der Waals surface area contributed by atoms with Crippen LogP contribution in [0.3, 0.4) is 0 Å². The lowest BCUT2D eigenvalue weighted by Crippen LogP contribution is -2.35. The first-order chi connectivity index (χ1) is 12.3. The molecule has 0 spiro atoms. The third-order valence-electron chi connectivity index (χ3n) is 3.54. The highest BCUT2D eigenvalue weighted by Crippen LogP contribution is 2.35. The molecule has 0 radical (unpaired) electrons. The fourth-order valence-corrected chi connectivity index (χ4v) is 2.77. The molecule has 0 atom stereocenters. The maximum atomic E-state index is 12.5. The second-order valence-electron chi connectivity index (χ2n) is 5.24. The maximum Gasteiger partial charge on any atom is 0.312 e. The quantitative estimate of drug-likeness (QED) is 0.360. The van der Waals surface area contributed by atoms with E-state index in [4.69, 9.17) is 23.2 Å². The predicted molar refractivity (Wildman–Crippen MR) is 94.8 cm³/mol. The van der Waals surface area contributed by atoms with Gasteiger partial charge in [-0.05, 0) is 30.3 Å². The molecule has 3 rings (SSSR count). The first-order valence-electron chi connectivity index (χ1n) is 7.07. The highest BCUT2D eigenvalue weighted by atomic mass is 35.5. The van der Waals surface area contributed by atoms with Gasteiger partial charge in [-0.3, -0.25) is 25.1 Å². The number of hydrogen-bond donors (Lipinski definition) is 2. The van der Waals surface area contributed by atoms with Gasteiger partial charge < -0.3 is 5.11 Å². The molecule has 2 N–H and O–H groups in total. The molecule has 26 heavy (non-hydrogen) atoms. The van der Waals surface area contributed by atoms with E-state index in [-0.39, 0.29) is 16.2 Å². The van der Waals surface area contributed by atoms with Crippen LogP contribution in [0.5, 0.6) is 5.75 Å². The van der Waals surface area contributed by atoms with E-state index in [1.807, 2.05) is 0 Å². The molecule has 0 aliphatic carbocycles. The average molecular weight is 394 g/mol. The number of benzene rings is 2. The summed E-state index contributed by atoms with van der Waals surface area (Å²) in [7, 11) is 0. The Labute approximate surface area is 156 Å². The molecule has 132 valence electrons. The molecular weight excluding hydrogens is 385 g/mol. The molecule has 1 fully saturated rings. The molecule has 0 bridgehead atoms. The van der Waals surface area contributed by atoms with Gasteiger partial charge in [-0.25, -0.2) is 5.01 Å². The van der Waals surface area contributed by atoms with Crippen molar-refractivity contribution >= 4 is 52.5 Å². The minimum absolute atomic E-state index is 0.0288.